The Kier molecular flexibility index (Phi) is 4.82. The van der Waals surface area contributed by atoms with E-state index in [4.69, 9.17) is 0 Å². The molecule has 1 aromatic rings. The summed E-state index contributed by atoms with van der Waals surface area (Å²) in [6, 6.07) is 5.11. The molecule has 2 rings (SSSR count). The number of likely N-dealkylation sites (tertiary alicyclic amines) is 1. The molecule has 1 aromatic heterocycles. The summed E-state index contributed by atoms with van der Waals surface area (Å²) in [6.45, 7) is 3.65. The van der Waals surface area contributed by atoms with Crippen molar-refractivity contribution in [3.05, 3.63) is 22.4 Å². The van der Waals surface area contributed by atoms with Gasteiger partial charge in [-0.1, -0.05) is 6.07 Å². The van der Waals surface area contributed by atoms with Crippen molar-refractivity contribution < 1.29 is 0 Å². The minimum absolute atomic E-state index is 0.741. The van der Waals surface area contributed by atoms with Gasteiger partial charge in [-0.2, -0.15) is 0 Å². The monoisotopic (exact) mass is 238 g/mol. The molecule has 16 heavy (non-hydrogen) atoms. The van der Waals surface area contributed by atoms with E-state index in [2.05, 4.69) is 34.8 Å². The summed E-state index contributed by atoms with van der Waals surface area (Å²) < 4.78 is 0. The third-order valence-corrected chi connectivity index (χ3v) is 4.27. The van der Waals surface area contributed by atoms with E-state index in [1.807, 2.05) is 11.3 Å². The molecule has 1 N–H and O–H groups in total. The fourth-order valence-corrected chi connectivity index (χ4v) is 3.01. The number of hydrogen-bond donors (Lipinski definition) is 1. The maximum atomic E-state index is 3.70. The molecule has 0 saturated carbocycles. The van der Waals surface area contributed by atoms with Gasteiger partial charge in [0.2, 0.25) is 0 Å². The van der Waals surface area contributed by atoms with E-state index in [0.29, 0.717) is 0 Å². The Bertz CT molecular complexity index is 284. The van der Waals surface area contributed by atoms with Gasteiger partial charge in [0.25, 0.3) is 0 Å². The topological polar surface area (TPSA) is 15.3 Å². The summed E-state index contributed by atoms with van der Waals surface area (Å²) in [7, 11) is 2.23. The van der Waals surface area contributed by atoms with Crippen LogP contribution in [0.15, 0.2) is 17.5 Å². The van der Waals surface area contributed by atoms with Gasteiger partial charge in [-0.05, 0) is 57.3 Å². The highest BCUT2D eigenvalue weighted by molar-refractivity contribution is 7.09. The number of rotatable bonds is 4. The lowest BCUT2D eigenvalue weighted by molar-refractivity contribution is 0.344. The first-order valence-corrected chi connectivity index (χ1v) is 7.17. The Labute approximate surface area is 103 Å². The molecule has 1 aliphatic heterocycles. The molecule has 0 bridgehead atoms. The van der Waals surface area contributed by atoms with E-state index in [1.54, 1.807) is 0 Å². The third kappa shape index (κ3) is 3.89. The van der Waals surface area contributed by atoms with Gasteiger partial charge in [-0.3, -0.25) is 0 Å². The lowest BCUT2D eigenvalue weighted by Gasteiger charge is -2.16. The van der Waals surface area contributed by atoms with Gasteiger partial charge in [0.1, 0.15) is 0 Å². The van der Waals surface area contributed by atoms with Crippen molar-refractivity contribution in [3.8, 4) is 0 Å². The van der Waals surface area contributed by atoms with Gasteiger partial charge in [-0.25, -0.2) is 0 Å². The van der Waals surface area contributed by atoms with Crippen molar-refractivity contribution in [2.45, 2.75) is 31.7 Å². The molecule has 2 heterocycles. The molecule has 0 radical (unpaired) electrons. The Morgan fingerprint density at radius 3 is 3.19 bits per heavy atom. The Balaban J connectivity index is 1.65. The predicted molar refractivity (Wildman–Crippen MR) is 71.2 cm³/mol. The van der Waals surface area contributed by atoms with E-state index in [-0.39, 0.29) is 0 Å². The average Bonchev–Trinajstić information content (AvgIpc) is 2.70. The first-order chi connectivity index (χ1) is 7.84. The summed E-state index contributed by atoms with van der Waals surface area (Å²) in [4.78, 5) is 3.94. The van der Waals surface area contributed by atoms with Crippen molar-refractivity contribution in [1.82, 2.24) is 10.2 Å². The third-order valence-electron chi connectivity index (χ3n) is 3.34. The highest BCUT2D eigenvalue weighted by Crippen LogP contribution is 2.11. The van der Waals surface area contributed by atoms with E-state index in [0.717, 1.165) is 12.6 Å². The van der Waals surface area contributed by atoms with Crippen molar-refractivity contribution in [2.75, 3.05) is 26.7 Å². The van der Waals surface area contributed by atoms with Crippen LogP contribution in [0.4, 0.5) is 0 Å². The van der Waals surface area contributed by atoms with Gasteiger partial charge in [0.15, 0.2) is 0 Å². The largest absolute Gasteiger partial charge is 0.314 e. The van der Waals surface area contributed by atoms with Crippen LogP contribution in [0.25, 0.3) is 0 Å². The molecule has 1 unspecified atom stereocenters. The van der Waals surface area contributed by atoms with Gasteiger partial charge in [0, 0.05) is 17.5 Å². The van der Waals surface area contributed by atoms with Gasteiger partial charge >= 0.3 is 0 Å². The van der Waals surface area contributed by atoms with Gasteiger partial charge in [-0.15, -0.1) is 11.3 Å². The Morgan fingerprint density at radius 2 is 2.38 bits per heavy atom. The minimum atomic E-state index is 0.741. The van der Waals surface area contributed by atoms with Crippen LogP contribution in [0.3, 0.4) is 0 Å². The Hall–Kier alpha value is -0.380. The SMILES string of the molecule is CN1CCCC(NCCc2cccs2)CC1. The van der Waals surface area contributed by atoms with Crippen LogP contribution in [0.5, 0.6) is 0 Å². The molecular formula is C13H22N2S. The highest BCUT2D eigenvalue weighted by atomic mass is 32.1. The number of hydrogen-bond acceptors (Lipinski definition) is 3. The molecule has 0 amide bonds. The number of nitrogens with one attached hydrogen (secondary N) is 1. The van der Waals surface area contributed by atoms with Crippen LogP contribution < -0.4 is 5.32 Å². The van der Waals surface area contributed by atoms with E-state index < -0.39 is 0 Å². The van der Waals surface area contributed by atoms with Crippen LogP contribution in [-0.4, -0.2) is 37.6 Å². The molecule has 0 spiro atoms. The number of nitrogens with zero attached hydrogens (tertiary/aromatic N) is 1. The molecular weight excluding hydrogens is 216 g/mol. The molecule has 2 nitrogen and oxygen atoms in total. The summed E-state index contributed by atoms with van der Waals surface area (Å²) in [5.74, 6) is 0. The summed E-state index contributed by atoms with van der Waals surface area (Å²) in [6.07, 6.45) is 5.17. The first-order valence-electron chi connectivity index (χ1n) is 6.29. The van der Waals surface area contributed by atoms with Crippen LogP contribution >= 0.6 is 11.3 Å². The Morgan fingerprint density at radius 1 is 1.44 bits per heavy atom. The fourth-order valence-electron chi connectivity index (χ4n) is 2.30. The molecule has 0 aliphatic carbocycles. The highest BCUT2D eigenvalue weighted by Gasteiger charge is 2.13. The first kappa shape index (κ1) is 12.1. The van der Waals surface area contributed by atoms with Crippen molar-refractivity contribution in [2.24, 2.45) is 0 Å². The maximum Gasteiger partial charge on any atom is 0.00798 e. The van der Waals surface area contributed by atoms with E-state index in [9.17, 15) is 0 Å². The van der Waals surface area contributed by atoms with Crippen molar-refractivity contribution >= 4 is 11.3 Å². The minimum Gasteiger partial charge on any atom is -0.314 e. The molecule has 90 valence electrons. The maximum absolute atomic E-state index is 3.70. The fraction of sp³-hybridized carbons (Fsp3) is 0.692. The molecule has 3 heteroatoms. The summed E-state index contributed by atoms with van der Waals surface area (Å²) >= 11 is 1.87. The molecule has 1 fully saturated rings. The standard InChI is InChI=1S/C13H22N2S/c1-15-9-2-4-12(7-10-15)14-8-6-13-5-3-11-16-13/h3,5,11-12,14H,2,4,6-10H2,1H3. The molecule has 1 atom stereocenters. The molecule has 1 aliphatic rings. The van der Waals surface area contributed by atoms with E-state index in [1.165, 1.54) is 43.6 Å². The lowest BCUT2D eigenvalue weighted by atomic mass is 10.1. The quantitative estimate of drug-likeness (QED) is 0.866. The van der Waals surface area contributed by atoms with Gasteiger partial charge < -0.3 is 10.2 Å². The second-order valence-electron chi connectivity index (χ2n) is 4.71. The van der Waals surface area contributed by atoms with Gasteiger partial charge in [0.05, 0.1) is 0 Å². The zero-order chi connectivity index (χ0) is 11.2. The smallest absolute Gasteiger partial charge is 0.00798 e. The van der Waals surface area contributed by atoms with Crippen LogP contribution in [0.2, 0.25) is 0 Å². The summed E-state index contributed by atoms with van der Waals surface area (Å²) in [5, 5.41) is 5.86. The van der Waals surface area contributed by atoms with Crippen molar-refractivity contribution in [1.29, 1.82) is 0 Å². The average molecular weight is 238 g/mol. The lowest BCUT2D eigenvalue weighted by Crippen LogP contribution is -2.31. The van der Waals surface area contributed by atoms with Crippen LogP contribution in [-0.2, 0) is 6.42 Å². The normalized spacial score (nSPS) is 23.2. The second-order valence-corrected chi connectivity index (χ2v) is 5.75. The zero-order valence-electron chi connectivity index (χ0n) is 10.1. The van der Waals surface area contributed by atoms with E-state index >= 15 is 0 Å². The van der Waals surface area contributed by atoms with Crippen molar-refractivity contribution in [3.63, 3.8) is 0 Å². The van der Waals surface area contributed by atoms with Crippen LogP contribution in [0, 0.1) is 0 Å². The zero-order valence-corrected chi connectivity index (χ0v) is 10.9. The molecule has 0 aromatic carbocycles. The van der Waals surface area contributed by atoms with Crippen LogP contribution in [0.1, 0.15) is 24.1 Å². The predicted octanol–water partition coefficient (Wildman–Crippen LogP) is 2.36. The summed E-state index contributed by atoms with van der Waals surface area (Å²) in [5.41, 5.74) is 0. The number of thiophene rings is 1. The molecule has 1 saturated heterocycles. The second kappa shape index (κ2) is 6.38.